The number of likely N-dealkylation sites (tertiary alicyclic amines) is 1. The van der Waals surface area contributed by atoms with Crippen molar-refractivity contribution in [2.75, 3.05) is 26.7 Å². The van der Waals surface area contributed by atoms with Gasteiger partial charge in [0.1, 0.15) is 6.61 Å². The number of rotatable bonds is 5. The minimum Gasteiger partial charge on any atom is -0.445 e. The molecule has 2 atom stereocenters. The van der Waals surface area contributed by atoms with Crippen LogP contribution in [0.2, 0.25) is 0 Å². The molecule has 2 unspecified atom stereocenters. The molecular weight excluding hydrogens is 294 g/mol. The third-order valence-electron chi connectivity index (χ3n) is 4.04. The van der Waals surface area contributed by atoms with E-state index in [2.05, 4.69) is 0 Å². The largest absolute Gasteiger partial charge is 0.445 e. The van der Waals surface area contributed by atoms with Crippen molar-refractivity contribution in [2.45, 2.75) is 26.0 Å². The van der Waals surface area contributed by atoms with Gasteiger partial charge in [0.05, 0.1) is 6.04 Å². The Balaban J connectivity index is 1.75. The van der Waals surface area contributed by atoms with Gasteiger partial charge in [0, 0.05) is 26.7 Å². The van der Waals surface area contributed by atoms with Crippen molar-refractivity contribution in [2.24, 2.45) is 11.7 Å². The minimum absolute atomic E-state index is 0.0261. The average Bonchev–Trinajstić information content (AvgIpc) is 3.01. The monoisotopic (exact) mass is 319 g/mol. The first-order valence-corrected chi connectivity index (χ1v) is 7.93. The van der Waals surface area contributed by atoms with Crippen molar-refractivity contribution < 1.29 is 14.3 Å². The number of amides is 2. The van der Waals surface area contributed by atoms with E-state index in [0.717, 1.165) is 12.0 Å². The van der Waals surface area contributed by atoms with Crippen LogP contribution in [0.1, 0.15) is 18.9 Å². The van der Waals surface area contributed by atoms with Crippen LogP contribution in [0.15, 0.2) is 30.3 Å². The molecule has 0 spiro atoms. The number of hydrogen-bond acceptors (Lipinski definition) is 4. The van der Waals surface area contributed by atoms with Crippen LogP contribution >= 0.6 is 0 Å². The average molecular weight is 319 g/mol. The second-order valence-electron chi connectivity index (χ2n) is 6.15. The summed E-state index contributed by atoms with van der Waals surface area (Å²) in [7, 11) is 1.73. The summed E-state index contributed by atoms with van der Waals surface area (Å²) in [5.41, 5.74) is 6.59. The fourth-order valence-electron chi connectivity index (χ4n) is 2.76. The number of carbonyl (C=O) groups is 2. The van der Waals surface area contributed by atoms with Crippen LogP contribution in [-0.2, 0) is 16.1 Å². The maximum atomic E-state index is 12.0. The molecule has 1 aliphatic heterocycles. The van der Waals surface area contributed by atoms with Gasteiger partial charge in [-0.3, -0.25) is 4.79 Å². The summed E-state index contributed by atoms with van der Waals surface area (Å²) in [6, 6.07) is 9.11. The van der Waals surface area contributed by atoms with E-state index in [0.29, 0.717) is 19.6 Å². The lowest BCUT2D eigenvalue weighted by molar-refractivity contribution is -0.131. The lowest BCUT2D eigenvalue weighted by Crippen LogP contribution is -2.41. The zero-order valence-electron chi connectivity index (χ0n) is 13.8. The number of ether oxygens (including phenoxy) is 1. The third-order valence-corrected chi connectivity index (χ3v) is 4.04. The molecule has 0 saturated carbocycles. The maximum absolute atomic E-state index is 12.0. The van der Waals surface area contributed by atoms with Crippen LogP contribution in [0.3, 0.4) is 0 Å². The topological polar surface area (TPSA) is 75.9 Å². The highest BCUT2D eigenvalue weighted by Gasteiger charge is 2.29. The summed E-state index contributed by atoms with van der Waals surface area (Å²) < 4.78 is 5.30. The number of carbonyl (C=O) groups excluding carboxylic acids is 2. The van der Waals surface area contributed by atoms with Crippen molar-refractivity contribution in [3.63, 3.8) is 0 Å². The van der Waals surface area contributed by atoms with Gasteiger partial charge in [-0.2, -0.15) is 0 Å². The molecule has 23 heavy (non-hydrogen) atoms. The van der Waals surface area contributed by atoms with Gasteiger partial charge in [-0.05, 0) is 24.8 Å². The van der Waals surface area contributed by atoms with Crippen molar-refractivity contribution >= 4 is 12.0 Å². The Morgan fingerprint density at radius 3 is 2.74 bits per heavy atom. The number of nitrogens with two attached hydrogens (primary N) is 1. The second kappa shape index (κ2) is 7.97. The van der Waals surface area contributed by atoms with Crippen LogP contribution in [0.25, 0.3) is 0 Å². The zero-order valence-corrected chi connectivity index (χ0v) is 13.8. The zero-order chi connectivity index (χ0) is 16.8. The molecule has 1 aromatic carbocycles. The van der Waals surface area contributed by atoms with E-state index in [-0.39, 0.29) is 24.5 Å². The molecule has 0 bridgehead atoms. The summed E-state index contributed by atoms with van der Waals surface area (Å²) >= 11 is 0. The van der Waals surface area contributed by atoms with Crippen molar-refractivity contribution in [1.82, 2.24) is 9.80 Å². The molecule has 0 radical (unpaired) electrons. The molecular formula is C17H25N3O3. The summed E-state index contributed by atoms with van der Waals surface area (Å²) in [5.74, 6) is 0.244. The van der Waals surface area contributed by atoms with E-state index in [4.69, 9.17) is 10.5 Å². The maximum Gasteiger partial charge on any atom is 0.409 e. The van der Waals surface area contributed by atoms with Crippen LogP contribution in [0, 0.1) is 5.92 Å². The SMILES string of the molecule is CC(N)C(=O)N1CCC(CN(C)C(=O)OCc2ccccc2)C1. The first-order chi connectivity index (χ1) is 11.0. The van der Waals surface area contributed by atoms with Gasteiger partial charge in [-0.25, -0.2) is 4.79 Å². The highest BCUT2D eigenvalue weighted by molar-refractivity contribution is 5.81. The van der Waals surface area contributed by atoms with E-state index in [9.17, 15) is 9.59 Å². The van der Waals surface area contributed by atoms with Gasteiger partial charge in [0.15, 0.2) is 0 Å². The number of nitrogens with zero attached hydrogens (tertiary/aromatic N) is 2. The Morgan fingerprint density at radius 2 is 2.09 bits per heavy atom. The van der Waals surface area contributed by atoms with Gasteiger partial charge >= 0.3 is 6.09 Å². The smallest absolute Gasteiger partial charge is 0.409 e. The first kappa shape index (κ1) is 17.3. The fourth-order valence-corrected chi connectivity index (χ4v) is 2.76. The summed E-state index contributed by atoms with van der Waals surface area (Å²) in [6.45, 7) is 3.90. The quantitative estimate of drug-likeness (QED) is 0.891. The molecule has 1 saturated heterocycles. The van der Waals surface area contributed by atoms with Gasteiger partial charge < -0.3 is 20.3 Å². The van der Waals surface area contributed by atoms with Crippen LogP contribution in [-0.4, -0.2) is 54.5 Å². The van der Waals surface area contributed by atoms with Crippen molar-refractivity contribution in [3.8, 4) is 0 Å². The summed E-state index contributed by atoms with van der Waals surface area (Å²) in [4.78, 5) is 27.2. The van der Waals surface area contributed by atoms with Gasteiger partial charge in [-0.1, -0.05) is 30.3 Å². The lowest BCUT2D eigenvalue weighted by atomic mass is 10.1. The normalized spacial score (nSPS) is 18.6. The summed E-state index contributed by atoms with van der Waals surface area (Å²) in [5, 5.41) is 0. The molecule has 1 aromatic rings. The van der Waals surface area contributed by atoms with E-state index in [1.54, 1.807) is 23.8 Å². The van der Waals surface area contributed by atoms with Crippen LogP contribution in [0.4, 0.5) is 4.79 Å². The third kappa shape index (κ3) is 4.96. The Bertz CT molecular complexity index is 533. The van der Waals surface area contributed by atoms with E-state index in [1.165, 1.54) is 0 Å². The van der Waals surface area contributed by atoms with E-state index in [1.807, 2.05) is 30.3 Å². The molecule has 6 nitrogen and oxygen atoms in total. The minimum atomic E-state index is -0.470. The molecule has 2 rings (SSSR count). The highest BCUT2D eigenvalue weighted by Crippen LogP contribution is 2.18. The first-order valence-electron chi connectivity index (χ1n) is 7.93. The predicted molar refractivity (Wildman–Crippen MR) is 87.6 cm³/mol. The number of benzene rings is 1. The molecule has 0 aliphatic carbocycles. The molecule has 2 amide bonds. The fraction of sp³-hybridized carbons (Fsp3) is 0.529. The standard InChI is InChI=1S/C17H25N3O3/c1-13(18)16(21)20-9-8-15(11-20)10-19(2)17(22)23-12-14-6-4-3-5-7-14/h3-7,13,15H,8-12,18H2,1-2H3. The Kier molecular flexibility index (Phi) is 5.98. The molecule has 6 heteroatoms. The summed E-state index contributed by atoms with van der Waals surface area (Å²) in [6.07, 6.45) is 0.542. The van der Waals surface area contributed by atoms with Crippen molar-refractivity contribution in [3.05, 3.63) is 35.9 Å². The van der Waals surface area contributed by atoms with Crippen LogP contribution < -0.4 is 5.73 Å². The second-order valence-corrected chi connectivity index (χ2v) is 6.15. The molecule has 126 valence electrons. The molecule has 0 aromatic heterocycles. The van der Waals surface area contributed by atoms with E-state index >= 15 is 0 Å². The van der Waals surface area contributed by atoms with Gasteiger partial charge in [-0.15, -0.1) is 0 Å². The van der Waals surface area contributed by atoms with E-state index < -0.39 is 6.04 Å². The molecule has 1 fully saturated rings. The predicted octanol–water partition coefficient (Wildman–Crippen LogP) is 1.45. The Morgan fingerprint density at radius 1 is 1.39 bits per heavy atom. The Labute approximate surface area is 137 Å². The highest BCUT2D eigenvalue weighted by atomic mass is 16.6. The van der Waals surface area contributed by atoms with Gasteiger partial charge in [0.2, 0.25) is 5.91 Å². The number of hydrogen-bond donors (Lipinski definition) is 1. The molecule has 2 N–H and O–H groups in total. The molecule has 1 heterocycles. The van der Waals surface area contributed by atoms with Gasteiger partial charge in [0.25, 0.3) is 0 Å². The molecule has 1 aliphatic rings. The lowest BCUT2D eigenvalue weighted by Gasteiger charge is -2.22. The Hall–Kier alpha value is -2.08. The van der Waals surface area contributed by atoms with Crippen molar-refractivity contribution in [1.29, 1.82) is 0 Å². The van der Waals surface area contributed by atoms with Crippen LogP contribution in [0.5, 0.6) is 0 Å².